The first-order valence-corrected chi connectivity index (χ1v) is 14.5. The molecule has 0 bridgehead atoms. The van der Waals surface area contributed by atoms with Gasteiger partial charge in [-0.1, -0.05) is 99.6 Å². The lowest BCUT2D eigenvalue weighted by molar-refractivity contribution is -0.147. The fourth-order valence-electron chi connectivity index (χ4n) is 5.13. The zero-order valence-electron chi connectivity index (χ0n) is 25.2. The summed E-state index contributed by atoms with van der Waals surface area (Å²) in [5.41, 5.74) is 5.77. The highest BCUT2D eigenvalue weighted by molar-refractivity contribution is 5.92. The molecule has 230 valence electrons. The third-order valence-corrected chi connectivity index (χ3v) is 7.57. The fraction of sp³-hybridized carbons (Fsp3) is 0.382. The van der Waals surface area contributed by atoms with E-state index in [1.165, 1.54) is 5.48 Å². The largest absolute Gasteiger partial charge is 0.394 e. The Morgan fingerprint density at radius 1 is 0.837 bits per heavy atom. The van der Waals surface area contributed by atoms with Crippen LogP contribution in [0.15, 0.2) is 78.9 Å². The number of aryl methyl sites for hydroxylation is 2. The maximum absolute atomic E-state index is 13.5. The van der Waals surface area contributed by atoms with Crippen LogP contribution >= 0.6 is 0 Å². The van der Waals surface area contributed by atoms with Crippen molar-refractivity contribution in [3.8, 4) is 11.1 Å². The molecule has 3 aromatic carbocycles. The normalized spacial score (nSPS) is 14.2. The zero-order valence-corrected chi connectivity index (χ0v) is 25.2. The lowest BCUT2D eigenvalue weighted by Crippen LogP contribution is -2.57. The van der Waals surface area contributed by atoms with Crippen molar-refractivity contribution in [3.05, 3.63) is 95.6 Å². The van der Waals surface area contributed by atoms with E-state index >= 15 is 0 Å². The van der Waals surface area contributed by atoms with Gasteiger partial charge in [-0.15, -0.1) is 0 Å². The van der Waals surface area contributed by atoms with Crippen molar-refractivity contribution in [3.63, 3.8) is 0 Å². The van der Waals surface area contributed by atoms with Gasteiger partial charge in [0.1, 0.15) is 12.1 Å². The van der Waals surface area contributed by atoms with Gasteiger partial charge in [0, 0.05) is 0 Å². The van der Waals surface area contributed by atoms with Crippen molar-refractivity contribution in [2.24, 2.45) is 11.3 Å². The third-order valence-electron chi connectivity index (χ3n) is 7.57. The summed E-state index contributed by atoms with van der Waals surface area (Å²) >= 11 is 0. The Morgan fingerprint density at radius 3 is 2.02 bits per heavy atom. The van der Waals surface area contributed by atoms with Crippen molar-refractivity contribution in [1.29, 1.82) is 0 Å². The fourth-order valence-corrected chi connectivity index (χ4v) is 5.13. The number of aliphatic hydroxyl groups excluding tert-OH is 2. The topological polar surface area (TPSA) is 148 Å². The molecule has 0 spiro atoms. The summed E-state index contributed by atoms with van der Waals surface area (Å²) < 4.78 is 0. The molecule has 0 aromatic heterocycles. The number of hydrogen-bond acceptors (Lipinski definition) is 6. The zero-order chi connectivity index (χ0) is 31.6. The number of aliphatic hydroxyl groups is 2. The van der Waals surface area contributed by atoms with E-state index in [1.807, 2.05) is 37.3 Å². The monoisotopic (exact) mass is 589 g/mol. The van der Waals surface area contributed by atoms with E-state index in [4.69, 9.17) is 5.21 Å². The minimum Gasteiger partial charge on any atom is -0.394 e. The predicted octanol–water partition coefficient (Wildman–Crippen LogP) is 3.85. The third kappa shape index (κ3) is 9.22. The quantitative estimate of drug-likeness (QED) is 0.132. The summed E-state index contributed by atoms with van der Waals surface area (Å²) in [6.07, 6.45) is -0.650. The Bertz CT molecular complexity index is 1360. The van der Waals surface area contributed by atoms with Gasteiger partial charge in [0.15, 0.2) is 0 Å². The molecule has 0 aliphatic heterocycles. The molecule has 0 radical (unpaired) electrons. The van der Waals surface area contributed by atoms with Crippen LogP contribution < -0.4 is 16.1 Å². The van der Waals surface area contributed by atoms with Crippen molar-refractivity contribution in [2.75, 3.05) is 6.61 Å². The van der Waals surface area contributed by atoms with Gasteiger partial charge in [-0.05, 0) is 59.4 Å². The summed E-state index contributed by atoms with van der Waals surface area (Å²) in [4.78, 5) is 39.1. The van der Waals surface area contributed by atoms with Crippen molar-refractivity contribution in [2.45, 2.75) is 65.1 Å². The van der Waals surface area contributed by atoms with Gasteiger partial charge in [-0.25, -0.2) is 5.48 Å². The number of carbonyl (C=O) groups excluding carboxylic acids is 3. The Labute approximate surface area is 253 Å². The van der Waals surface area contributed by atoms with Gasteiger partial charge in [-0.3, -0.25) is 19.6 Å². The summed E-state index contributed by atoms with van der Waals surface area (Å²) in [6.45, 7) is 7.03. The summed E-state index contributed by atoms with van der Waals surface area (Å²) in [5.74, 6) is -3.54. The van der Waals surface area contributed by atoms with E-state index in [0.29, 0.717) is 18.4 Å². The Hall–Kier alpha value is -4.05. The van der Waals surface area contributed by atoms with Crippen LogP contribution in [0.4, 0.5) is 0 Å². The van der Waals surface area contributed by atoms with Gasteiger partial charge in [0.25, 0.3) is 5.91 Å². The molecule has 0 fully saturated rings. The molecule has 3 aromatic rings. The smallest absolute Gasteiger partial charge is 0.272 e. The van der Waals surface area contributed by atoms with E-state index in [2.05, 4.69) is 34.9 Å². The molecule has 0 saturated carbocycles. The molecule has 0 aliphatic rings. The lowest BCUT2D eigenvalue weighted by Gasteiger charge is -2.33. The molecule has 4 atom stereocenters. The molecule has 3 rings (SSSR count). The number of nitrogens with one attached hydrogen (secondary N) is 3. The van der Waals surface area contributed by atoms with Crippen LogP contribution in [0.3, 0.4) is 0 Å². The molecular weight excluding hydrogens is 546 g/mol. The highest BCUT2D eigenvalue weighted by Gasteiger charge is 2.38. The summed E-state index contributed by atoms with van der Waals surface area (Å²) in [5, 5.41) is 35.3. The average Bonchev–Trinajstić information content (AvgIpc) is 3.00. The second-order valence-electron chi connectivity index (χ2n) is 11.9. The lowest BCUT2D eigenvalue weighted by atomic mass is 9.84. The molecule has 0 aliphatic carbocycles. The van der Waals surface area contributed by atoms with E-state index in [9.17, 15) is 24.6 Å². The van der Waals surface area contributed by atoms with Crippen LogP contribution in [0.25, 0.3) is 11.1 Å². The first-order chi connectivity index (χ1) is 20.5. The second kappa shape index (κ2) is 15.4. The molecule has 43 heavy (non-hydrogen) atoms. The minimum atomic E-state index is -1.83. The molecule has 9 nitrogen and oxygen atoms in total. The average molecular weight is 590 g/mol. The van der Waals surface area contributed by atoms with Crippen molar-refractivity contribution < 1.29 is 29.8 Å². The van der Waals surface area contributed by atoms with Gasteiger partial charge < -0.3 is 20.8 Å². The number of hydroxylamine groups is 1. The maximum Gasteiger partial charge on any atom is 0.272 e. The van der Waals surface area contributed by atoms with E-state index in [-0.39, 0.29) is 13.0 Å². The molecule has 6 N–H and O–H groups in total. The molecule has 0 saturated heterocycles. The minimum absolute atomic E-state index is 0.127. The number of carbonyl (C=O) groups is 3. The Kier molecular flexibility index (Phi) is 12.0. The van der Waals surface area contributed by atoms with Crippen LogP contribution in [-0.4, -0.2) is 51.9 Å². The summed E-state index contributed by atoms with van der Waals surface area (Å²) in [6, 6.07) is 23.5. The first-order valence-electron chi connectivity index (χ1n) is 14.5. The van der Waals surface area contributed by atoms with Crippen molar-refractivity contribution >= 4 is 17.7 Å². The molecular formula is C34H43N3O6. The molecule has 0 unspecified atom stereocenters. The predicted molar refractivity (Wildman–Crippen MR) is 165 cm³/mol. The number of benzene rings is 3. The Balaban J connectivity index is 1.73. The van der Waals surface area contributed by atoms with Gasteiger partial charge in [0.05, 0.1) is 18.6 Å². The molecule has 0 heterocycles. The van der Waals surface area contributed by atoms with Crippen LogP contribution in [0.5, 0.6) is 0 Å². The molecule has 3 amide bonds. The van der Waals surface area contributed by atoms with Gasteiger partial charge in [-0.2, -0.15) is 0 Å². The van der Waals surface area contributed by atoms with Crippen LogP contribution in [0, 0.1) is 18.3 Å². The van der Waals surface area contributed by atoms with Crippen LogP contribution in [0.2, 0.25) is 0 Å². The SMILES string of the molecule is Cc1cc(CCC[C@@H](C(=O)N[C@H](C(=O)N[C@H](CO)c2ccccc2)C(C)(C)C)[C@H](O)C(=O)NO)ccc1-c1ccccc1. The number of amides is 3. The second-order valence-corrected chi connectivity index (χ2v) is 11.9. The van der Waals surface area contributed by atoms with Crippen LogP contribution in [0.1, 0.15) is 56.3 Å². The van der Waals surface area contributed by atoms with E-state index < -0.39 is 47.2 Å². The number of hydrogen-bond donors (Lipinski definition) is 6. The summed E-state index contributed by atoms with van der Waals surface area (Å²) in [7, 11) is 0. The molecule has 9 heteroatoms. The highest BCUT2D eigenvalue weighted by atomic mass is 16.5. The number of rotatable bonds is 13. The standard InChI is InChI=1S/C34H43N3O6/c1-22-20-23(18-19-26(22)24-13-7-5-8-14-24)12-11-17-27(29(39)32(41)37-43)31(40)36-30(34(2,3)4)33(42)35-28(21-38)25-15-9-6-10-16-25/h5-10,13-16,18-20,27-30,38-39,43H,11-12,17,21H2,1-4H3,(H,35,42)(H,36,40)(H,37,41)/t27-,28-,29+,30-/m1/s1. The van der Waals surface area contributed by atoms with E-state index in [1.54, 1.807) is 45.0 Å². The van der Waals surface area contributed by atoms with Crippen LogP contribution in [-0.2, 0) is 20.8 Å². The maximum atomic E-state index is 13.5. The van der Waals surface area contributed by atoms with Crippen molar-refractivity contribution in [1.82, 2.24) is 16.1 Å². The van der Waals surface area contributed by atoms with E-state index in [0.717, 1.165) is 22.3 Å². The Morgan fingerprint density at radius 2 is 1.47 bits per heavy atom. The van der Waals surface area contributed by atoms with Gasteiger partial charge >= 0.3 is 0 Å². The van der Waals surface area contributed by atoms with Gasteiger partial charge in [0.2, 0.25) is 11.8 Å². The first kappa shape index (κ1) is 33.5. The highest BCUT2D eigenvalue weighted by Crippen LogP contribution is 2.26.